The van der Waals surface area contributed by atoms with E-state index >= 15 is 0 Å². The van der Waals surface area contributed by atoms with Gasteiger partial charge in [0.1, 0.15) is 5.82 Å². The summed E-state index contributed by atoms with van der Waals surface area (Å²) in [4.78, 5) is 18.2. The minimum absolute atomic E-state index is 0.0814. The molecule has 0 unspecified atom stereocenters. The molecule has 24 heavy (non-hydrogen) atoms. The zero-order valence-electron chi connectivity index (χ0n) is 12.8. The van der Waals surface area contributed by atoms with Crippen molar-refractivity contribution in [1.29, 1.82) is 0 Å². The molecule has 1 aliphatic rings. The van der Waals surface area contributed by atoms with Crippen LogP contribution in [0.15, 0.2) is 48.8 Å². The molecule has 0 fully saturated rings. The molecule has 0 saturated carbocycles. The van der Waals surface area contributed by atoms with Crippen LogP contribution in [0.2, 0.25) is 0 Å². The van der Waals surface area contributed by atoms with E-state index in [1.165, 1.54) is 12.1 Å². The van der Waals surface area contributed by atoms with Crippen LogP contribution in [0.25, 0.3) is 11.4 Å². The maximum Gasteiger partial charge on any atom is 0.257 e. The summed E-state index contributed by atoms with van der Waals surface area (Å²) in [5.74, 6) is 0.580. The molecule has 3 heterocycles. The summed E-state index contributed by atoms with van der Waals surface area (Å²) in [6.07, 6.45) is 3.43. The molecule has 0 saturated heterocycles. The van der Waals surface area contributed by atoms with E-state index in [1.54, 1.807) is 29.4 Å². The summed E-state index contributed by atoms with van der Waals surface area (Å²) >= 11 is 0. The van der Waals surface area contributed by atoms with Crippen molar-refractivity contribution < 1.29 is 9.18 Å². The zero-order valence-corrected chi connectivity index (χ0v) is 12.8. The normalized spacial score (nSPS) is 13.6. The smallest absolute Gasteiger partial charge is 0.257 e. The Balaban J connectivity index is 1.61. The monoisotopic (exact) mass is 323 g/mol. The van der Waals surface area contributed by atoms with Crippen molar-refractivity contribution in [2.24, 2.45) is 0 Å². The molecule has 0 atom stereocenters. The second-order valence-electron chi connectivity index (χ2n) is 5.54. The van der Waals surface area contributed by atoms with E-state index in [2.05, 4.69) is 15.2 Å². The van der Waals surface area contributed by atoms with Gasteiger partial charge in [0.25, 0.3) is 5.91 Å². The number of carbonyl (C=O) groups excluding carboxylic acids is 1. The van der Waals surface area contributed by atoms with E-state index in [9.17, 15) is 9.18 Å². The van der Waals surface area contributed by atoms with Gasteiger partial charge in [0.05, 0.1) is 12.1 Å². The minimum Gasteiger partial charge on any atom is -0.329 e. The van der Waals surface area contributed by atoms with Gasteiger partial charge in [0.2, 0.25) is 0 Å². The Labute approximate surface area is 137 Å². The second kappa shape index (κ2) is 5.84. The van der Waals surface area contributed by atoms with Gasteiger partial charge in [-0.25, -0.2) is 4.39 Å². The number of halogens is 1. The van der Waals surface area contributed by atoms with Crippen molar-refractivity contribution in [3.63, 3.8) is 0 Å². The van der Waals surface area contributed by atoms with Crippen LogP contribution < -0.4 is 0 Å². The molecule has 4 rings (SSSR count). The summed E-state index contributed by atoms with van der Waals surface area (Å²) in [7, 11) is 0. The van der Waals surface area contributed by atoms with Crippen LogP contribution in [0.3, 0.4) is 0 Å². The Morgan fingerprint density at radius 3 is 2.75 bits per heavy atom. The number of hydrogen-bond acceptors (Lipinski definition) is 4. The summed E-state index contributed by atoms with van der Waals surface area (Å²) in [5, 5.41) is 8.39. The van der Waals surface area contributed by atoms with Gasteiger partial charge in [-0.05, 0) is 24.3 Å². The van der Waals surface area contributed by atoms with E-state index in [0.29, 0.717) is 25.5 Å². The summed E-state index contributed by atoms with van der Waals surface area (Å²) < 4.78 is 15.8. The van der Waals surface area contributed by atoms with Gasteiger partial charge in [-0.2, -0.15) is 0 Å². The van der Waals surface area contributed by atoms with Gasteiger partial charge < -0.3 is 9.47 Å². The Bertz CT molecular complexity index is 893. The van der Waals surface area contributed by atoms with E-state index in [1.807, 2.05) is 16.7 Å². The van der Waals surface area contributed by atoms with Gasteiger partial charge in [-0.15, -0.1) is 10.2 Å². The Hall–Kier alpha value is -3.09. The van der Waals surface area contributed by atoms with Crippen LogP contribution in [-0.2, 0) is 13.1 Å². The van der Waals surface area contributed by atoms with Gasteiger partial charge in [-0.1, -0.05) is 12.1 Å². The Morgan fingerprint density at radius 1 is 1.08 bits per heavy atom. The minimum atomic E-state index is -0.509. The lowest BCUT2D eigenvalue weighted by atomic mass is 10.1. The number of carbonyl (C=O) groups is 1. The molecule has 1 aliphatic heterocycles. The Kier molecular flexibility index (Phi) is 3.53. The molecule has 6 nitrogen and oxygen atoms in total. The fourth-order valence-corrected chi connectivity index (χ4v) is 2.84. The maximum atomic E-state index is 13.8. The third kappa shape index (κ3) is 2.44. The maximum absolute atomic E-state index is 13.8. The first-order valence-corrected chi connectivity index (χ1v) is 7.60. The first-order chi connectivity index (χ1) is 11.7. The lowest BCUT2D eigenvalue weighted by molar-refractivity contribution is 0.0703. The number of hydrogen-bond donors (Lipinski definition) is 0. The molecule has 1 aromatic carbocycles. The van der Waals surface area contributed by atoms with Crippen molar-refractivity contribution in [3.05, 3.63) is 66.0 Å². The van der Waals surface area contributed by atoms with Gasteiger partial charge in [0.15, 0.2) is 11.6 Å². The largest absolute Gasteiger partial charge is 0.329 e. The molecule has 7 heteroatoms. The number of pyridine rings is 1. The molecule has 1 amide bonds. The molecular weight excluding hydrogens is 309 g/mol. The highest BCUT2D eigenvalue weighted by Crippen LogP contribution is 2.22. The molecule has 0 N–H and O–H groups in total. The summed E-state index contributed by atoms with van der Waals surface area (Å²) in [6, 6.07) is 9.77. The highest BCUT2D eigenvalue weighted by atomic mass is 19.1. The summed E-state index contributed by atoms with van der Waals surface area (Å²) in [6.45, 7) is 1.35. The van der Waals surface area contributed by atoms with E-state index in [0.717, 1.165) is 11.4 Å². The number of rotatable bonds is 2. The fourth-order valence-electron chi connectivity index (χ4n) is 2.84. The average molecular weight is 323 g/mol. The first kappa shape index (κ1) is 14.5. The van der Waals surface area contributed by atoms with Crippen LogP contribution in [0.5, 0.6) is 0 Å². The number of aromatic nitrogens is 4. The van der Waals surface area contributed by atoms with Crippen molar-refractivity contribution >= 4 is 5.91 Å². The van der Waals surface area contributed by atoms with Gasteiger partial charge in [-0.3, -0.25) is 9.78 Å². The fraction of sp³-hybridized carbons (Fsp3) is 0.176. The summed E-state index contributed by atoms with van der Waals surface area (Å²) in [5.41, 5.74) is 0.961. The lowest BCUT2D eigenvalue weighted by Crippen LogP contribution is -2.38. The number of nitrogens with zero attached hydrogens (tertiary/aromatic N) is 5. The highest BCUT2D eigenvalue weighted by Gasteiger charge is 2.26. The number of amides is 1. The third-order valence-electron chi connectivity index (χ3n) is 4.06. The van der Waals surface area contributed by atoms with Crippen LogP contribution in [0.4, 0.5) is 4.39 Å². The number of fused-ring (bicyclic) bond motifs is 1. The van der Waals surface area contributed by atoms with Gasteiger partial charge in [0, 0.05) is 31.0 Å². The molecule has 120 valence electrons. The van der Waals surface area contributed by atoms with Crippen LogP contribution >= 0.6 is 0 Å². The molecular formula is C17H14FN5O. The molecule has 2 aromatic heterocycles. The lowest BCUT2D eigenvalue weighted by Gasteiger charge is -2.28. The van der Waals surface area contributed by atoms with Crippen molar-refractivity contribution in [1.82, 2.24) is 24.6 Å². The Morgan fingerprint density at radius 2 is 1.96 bits per heavy atom. The van der Waals surface area contributed by atoms with Crippen molar-refractivity contribution in [2.45, 2.75) is 13.1 Å². The second-order valence-corrected chi connectivity index (χ2v) is 5.54. The highest BCUT2D eigenvalue weighted by molar-refractivity contribution is 5.94. The van der Waals surface area contributed by atoms with Gasteiger partial charge >= 0.3 is 0 Å². The standard InChI is InChI=1S/C17H14FN5O/c18-14-6-2-1-5-13(14)17(24)22-8-9-23-15(11-22)20-21-16(23)12-4-3-7-19-10-12/h1-7,10H,8-9,11H2. The zero-order chi connectivity index (χ0) is 16.5. The predicted molar refractivity (Wildman–Crippen MR) is 84.4 cm³/mol. The average Bonchev–Trinajstić information content (AvgIpc) is 3.05. The van der Waals surface area contributed by atoms with Crippen molar-refractivity contribution in [2.75, 3.05) is 6.54 Å². The number of benzene rings is 1. The quantitative estimate of drug-likeness (QED) is 0.725. The molecule has 0 bridgehead atoms. The predicted octanol–water partition coefficient (Wildman–Crippen LogP) is 2.14. The van der Waals surface area contributed by atoms with E-state index in [-0.39, 0.29) is 11.5 Å². The molecule has 0 radical (unpaired) electrons. The van der Waals surface area contributed by atoms with Crippen LogP contribution in [0, 0.1) is 5.82 Å². The van der Waals surface area contributed by atoms with Crippen LogP contribution in [0.1, 0.15) is 16.2 Å². The topological polar surface area (TPSA) is 63.9 Å². The third-order valence-corrected chi connectivity index (χ3v) is 4.06. The SMILES string of the molecule is O=C(c1ccccc1F)N1CCn2c(nnc2-c2cccnc2)C1. The van der Waals surface area contributed by atoms with E-state index < -0.39 is 5.82 Å². The van der Waals surface area contributed by atoms with E-state index in [4.69, 9.17) is 0 Å². The molecule has 3 aromatic rings. The molecule has 0 spiro atoms. The molecule has 0 aliphatic carbocycles. The van der Waals surface area contributed by atoms with Crippen molar-refractivity contribution in [3.8, 4) is 11.4 Å². The first-order valence-electron chi connectivity index (χ1n) is 7.60. The van der Waals surface area contributed by atoms with Crippen LogP contribution in [-0.4, -0.2) is 37.1 Å².